The van der Waals surface area contributed by atoms with Gasteiger partial charge in [-0.1, -0.05) is 26.7 Å². The molecule has 2 atom stereocenters. The first-order chi connectivity index (χ1) is 7.20. The molecule has 0 amide bonds. The zero-order valence-electron chi connectivity index (χ0n) is 10.1. The third-order valence-corrected chi connectivity index (χ3v) is 4.10. The standard InChI is InChI=1S/C13H24N2/c1-10(2)13(14)15-9-5-7-11-6-3-4-8-12(11)15/h10-12,14H,3-9H2,1-2H3/t11-,12-/m1/s1. The Kier molecular flexibility index (Phi) is 3.32. The Bertz CT molecular complexity index is 233. The van der Waals surface area contributed by atoms with Crippen LogP contribution in [0.3, 0.4) is 0 Å². The minimum Gasteiger partial charge on any atom is -0.357 e. The summed E-state index contributed by atoms with van der Waals surface area (Å²) >= 11 is 0. The Labute approximate surface area is 93.6 Å². The molecule has 1 saturated heterocycles. The minimum atomic E-state index is 0.394. The molecule has 0 aromatic heterocycles. The molecule has 1 heterocycles. The molecule has 1 aliphatic carbocycles. The molecular weight excluding hydrogens is 184 g/mol. The summed E-state index contributed by atoms with van der Waals surface area (Å²) in [5.41, 5.74) is 0. The van der Waals surface area contributed by atoms with E-state index in [1.165, 1.54) is 38.5 Å². The van der Waals surface area contributed by atoms with Gasteiger partial charge in [-0.2, -0.15) is 0 Å². The summed E-state index contributed by atoms with van der Waals surface area (Å²) in [6.45, 7) is 5.43. The molecule has 0 unspecified atom stereocenters. The van der Waals surface area contributed by atoms with Crippen molar-refractivity contribution in [2.45, 2.75) is 58.4 Å². The van der Waals surface area contributed by atoms with Gasteiger partial charge in [0.2, 0.25) is 0 Å². The first-order valence-electron chi connectivity index (χ1n) is 6.55. The molecule has 0 aromatic carbocycles. The van der Waals surface area contributed by atoms with E-state index in [1.54, 1.807) is 0 Å². The average molecular weight is 208 g/mol. The highest BCUT2D eigenvalue weighted by molar-refractivity contribution is 5.81. The molecule has 0 spiro atoms. The largest absolute Gasteiger partial charge is 0.357 e. The molecule has 1 saturated carbocycles. The molecule has 0 aromatic rings. The van der Waals surface area contributed by atoms with Gasteiger partial charge < -0.3 is 4.90 Å². The van der Waals surface area contributed by atoms with Gasteiger partial charge in [0.1, 0.15) is 0 Å². The third kappa shape index (κ3) is 2.19. The Balaban J connectivity index is 2.06. The van der Waals surface area contributed by atoms with Crippen LogP contribution in [0, 0.1) is 17.2 Å². The molecule has 1 aliphatic heterocycles. The Hall–Kier alpha value is -0.530. The van der Waals surface area contributed by atoms with Crippen molar-refractivity contribution in [1.29, 1.82) is 5.41 Å². The summed E-state index contributed by atoms with van der Waals surface area (Å²) in [4.78, 5) is 2.41. The Morgan fingerprint density at radius 1 is 1.13 bits per heavy atom. The van der Waals surface area contributed by atoms with E-state index < -0.39 is 0 Å². The molecule has 2 rings (SSSR count). The predicted molar refractivity (Wildman–Crippen MR) is 64.3 cm³/mol. The zero-order valence-corrected chi connectivity index (χ0v) is 10.1. The second-order valence-electron chi connectivity index (χ2n) is 5.49. The lowest BCUT2D eigenvalue weighted by Crippen LogP contribution is -2.50. The van der Waals surface area contributed by atoms with Crippen LogP contribution in [0.4, 0.5) is 0 Å². The molecule has 2 nitrogen and oxygen atoms in total. The van der Waals surface area contributed by atoms with E-state index in [-0.39, 0.29) is 0 Å². The van der Waals surface area contributed by atoms with Crippen molar-refractivity contribution in [3.8, 4) is 0 Å². The van der Waals surface area contributed by atoms with Crippen molar-refractivity contribution >= 4 is 5.84 Å². The number of hydrogen-bond donors (Lipinski definition) is 1. The second kappa shape index (κ2) is 4.54. The van der Waals surface area contributed by atoms with Gasteiger partial charge in [-0.3, -0.25) is 5.41 Å². The van der Waals surface area contributed by atoms with Crippen molar-refractivity contribution in [3.05, 3.63) is 0 Å². The van der Waals surface area contributed by atoms with Crippen LogP contribution in [0.1, 0.15) is 52.4 Å². The van der Waals surface area contributed by atoms with Crippen LogP contribution < -0.4 is 0 Å². The fourth-order valence-corrected chi connectivity index (χ4v) is 3.26. The van der Waals surface area contributed by atoms with E-state index in [9.17, 15) is 0 Å². The van der Waals surface area contributed by atoms with Gasteiger partial charge >= 0.3 is 0 Å². The summed E-state index contributed by atoms with van der Waals surface area (Å²) in [6.07, 6.45) is 8.25. The third-order valence-electron chi connectivity index (χ3n) is 4.10. The van der Waals surface area contributed by atoms with E-state index in [4.69, 9.17) is 5.41 Å². The molecule has 0 radical (unpaired) electrons. The monoisotopic (exact) mass is 208 g/mol. The average Bonchev–Trinajstić information content (AvgIpc) is 2.27. The van der Waals surface area contributed by atoms with Gasteiger partial charge in [-0.15, -0.1) is 0 Å². The van der Waals surface area contributed by atoms with E-state index >= 15 is 0 Å². The summed E-state index contributed by atoms with van der Waals surface area (Å²) in [5, 5.41) is 8.19. The lowest BCUT2D eigenvalue weighted by molar-refractivity contribution is 0.114. The van der Waals surface area contributed by atoms with E-state index in [0.29, 0.717) is 12.0 Å². The van der Waals surface area contributed by atoms with Crippen LogP contribution in [0.5, 0.6) is 0 Å². The van der Waals surface area contributed by atoms with Crippen molar-refractivity contribution in [2.24, 2.45) is 11.8 Å². The number of amidine groups is 1. The zero-order chi connectivity index (χ0) is 10.8. The number of nitrogens with zero attached hydrogens (tertiary/aromatic N) is 1. The summed E-state index contributed by atoms with van der Waals surface area (Å²) in [6, 6.07) is 0.711. The molecule has 2 aliphatic rings. The van der Waals surface area contributed by atoms with Gasteiger partial charge in [0, 0.05) is 18.5 Å². The Morgan fingerprint density at radius 3 is 2.53 bits per heavy atom. The number of piperidine rings is 1. The fraction of sp³-hybridized carbons (Fsp3) is 0.923. The first-order valence-corrected chi connectivity index (χ1v) is 6.55. The van der Waals surface area contributed by atoms with E-state index in [2.05, 4.69) is 18.7 Å². The van der Waals surface area contributed by atoms with Gasteiger partial charge in [-0.25, -0.2) is 0 Å². The highest BCUT2D eigenvalue weighted by atomic mass is 15.2. The molecule has 86 valence electrons. The highest BCUT2D eigenvalue weighted by Gasteiger charge is 2.34. The predicted octanol–water partition coefficient (Wildman–Crippen LogP) is 3.27. The van der Waals surface area contributed by atoms with Gasteiger partial charge in [0.25, 0.3) is 0 Å². The molecule has 15 heavy (non-hydrogen) atoms. The number of likely N-dealkylation sites (tertiary alicyclic amines) is 1. The topological polar surface area (TPSA) is 27.1 Å². The summed E-state index contributed by atoms with van der Waals surface area (Å²) in [7, 11) is 0. The smallest absolute Gasteiger partial charge is 0.0986 e. The number of rotatable bonds is 1. The van der Waals surface area contributed by atoms with Gasteiger partial charge in [0.15, 0.2) is 0 Å². The van der Waals surface area contributed by atoms with Crippen LogP contribution in [0.2, 0.25) is 0 Å². The van der Waals surface area contributed by atoms with Crippen molar-refractivity contribution in [2.75, 3.05) is 6.54 Å². The molecule has 2 heteroatoms. The lowest BCUT2D eigenvalue weighted by Gasteiger charge is -2.46. The lowest BCUT2D eigenvalue weighted by atomic mass is 9.78. The van der Waals surface area contributed by atoms with Gasteiger partial charge in [-0.05, 0) is 31.6 Å². The number of fused-ring (bicyclic) bond motifs is 1. The molecule has 0 bridgehead atoms. The van der Waals surface area contributed by atoms with Crippen LogP contribution >= 0.6 is 0 Å². The van der Waals surface area contributed by atoms with Crippen LogP contribution in [0.15, 0.2) is 0 Å². The fourth-order valence-electron chi connectivity index (χ4n) is 3.26. The summed E-state index contributed by atoms with van der Waals surface area (Å²) in [5.74, 6) is 2.17. The van der Waals surface area contributed by atoms with Crippen molar-refractivity contribution < 1.29 is 0 Å². The quantitative estimate of drug-likeness (QED) is 0.519. The van der Waals surface area contributed by atoms with Crippen LogP contribution in [-0.2, 0) is 0 Å². The first kappa shape index (κ1) is 11.0. The second-order valence-corrected chi connectivity index (χ2v) is 5.49. The van der Waals surface area contributed by atoms with Gasteiger partial charge in [0.05, 0.1) is 5.84 Å². The highest BCUT2D eigenvalue weighted by Crippen LogP contribution is 2.35. The minimum absolute atomic E-state index is 0.394. The maximum atomic E-state index is 8.19. The summed E-state index contributed by atoms with van der Waals surface area (Å²) < 4.78 is 0. The van der Waals surface area contributed by atoms with Crippen molar-refractivity contribution in [3.63, 3.8) is 0 Å². The van der Waals surface area contributed by atoms with E-state index in [1.807, 2.05) is 0 Å². The maximum absolute atomic E-state index is 8.19. The molecule has 1 N–H and O–H groups in total. The normalized spacial score (nSPS) is 31.5. The SMILES string of the molecule is CC(C)C(=N)N1CCC[C@H]2CCCC[C@H]21. The van der Waals surface area contributed by atoms with Crippen molar-refractivity contribution in [1.82, 2.24) is 4.90 Å². The van der Waals surface area contributed by atoms with Crippen LogP contribution in [-0.4, -0.2) is 23.3 Å². The van der Waals surface area contributed by atoms with E-state index in [0.717, 1.165) is 18.3 Å². The maximum Gasteiger partial charge on any atom is 0.0986 e. The molecule has 2 fully saturated rings. The number of hydrogen-bond acceptors (Lipinski definition) is 1. The molecular formula is C13H24N2. The van der Waals surface area contributed by atoms with Crippen LogP contribution in [0.25, 0.3) is 0 Å². The Morgan fingerprint density at radius 2 is 1.80 bits per heavy atom. The number of nitrogens with one attached hydrogen (secondary N) is 1.